The molecule has 0 spiro atoms. The van der Waals surface area contributed by atoms with E-state index in [0.717, 1.165) is 29.8 Å². The van der Waals surface area contributed by atoms with E-state index in [1.807, 2.05) is 5.57 Å². The van der Waals surface area contributed by atoms with Gasteiger partial charge in [0.15, 0.2) is 0 Å². The van der Waals surface area contributed by atoms with E-state index in [9.17, 15) is 0 Å². The summed E-state index contributed by atoms with van der Waals surface area (Å²) in [6.45, 7) is 0. The normalized spacial score (nSPS) is 36.5. The number of hydrogen-bond donors (Lipinski definition) is 0. The Morgan fingerprint density at radius 1 is 0.667 bits per heavy atom. The van der Waals surface area contributed by atoms with E-state index < -0.39 is 0 Å². The second-order valence-corrected chi connectivity index (χ2v) is 9.47. The molecule has 2 heterocycles. The fraction of sp³-hybridized carbons (Fsp3) is 0.913. The third-order valence-corrected chi connectivity index (χ3v) is 7.96. The molecule has 0 aromatic heterocycles. The largest absolute Gasteiger partial charge is 0.300 e. The highest BCUT2D eigenvalue weighted by molar-refractivity contribution is 5.16. The first-order chi connectivity index (χ1) is 11.8. The number of nitrogens with zero attached hydrogens (tertiary/aromatic N) is 1. The molecule has 0 radical (unpaired) electrons. The Bertz CT molecular complexity index is 393. The molecule has 2 aliphatic heterocycles. The summed E-state index contributed by atoms with van der Waals surface area (Å²) in [5, 5.41) is 0. The molecule has 2 unspecified atom stereocenters. The van der Waals surface area contributed by atoms with Crippen molar-refractivity contribution in [2.24, 2.45) is 17.8 Å². The van der Waals surface area contributed by atoms with Crippen LogP contribution in [0.3, 0.4) is 0 Å². The van der Waals surface area contributed by atoms with E-state index in [4.69, 9.17) is 0 Å². The zero-order chi connectivity index (χ0) is 16.4. The van der Waals surface area contributed by atoms with Crippen LogP contribution in [0.1, 0.15) is 96.3 Å². The lowest BCUT2D eigenvalue weighted by molar-refractivity contribution is 0.0479. The van der Waals surface area contributed by atoms with Crippen molar-refractivity contribution in [1.29, 1.82) is 0 Å². The van der Waals surface area contributed by atoms with Crippen LogP contribution in [-0.2, 0) is 0 Å². The molecule has 4 aliphatic rings. The van der Waals surface area contributed by atoms with Gasteiger partial charge in [0, 0.05) is 12.1 Å². The summed E-state index contributed by atoms with van der Waals surface area (Å²) >= 11 is 0. The predicted octanol–water partition coefficient (Wildman–Crippen LogP) is 6.34. The minimum Gasteiger partial charge on any atom is -0.300 e. The molecule has 0 aromatic rings. The van der Waals surface area contributed by atoms with E-state index in [1.165, 1.54) is 96.3 Å². The van der Waals surface area contributed by atoms with Gasteiger partial charge in [0.1, 0.15) is 0 Å². The Morgan fingerprint density at radius 2 is 1.17 bits per heavy atom. The highest BCUT2D eigenvalue weighted by atomic mass is 15.2. The molecule has 2 aliphatic carbocycles. The average molecular weight is 330 g/mol. The summed E-state index contributed by atoms with van der Waals surface area (Å²) in [7, 11) is 2.40. The number of hydrogen-bond acceptors (Lipinski definition) is 1. The first-order valence-electron chi connectivity index (χ1n) is 11.2. The maximum atomic E-state index is 2.88. The molecule has 1 nitrogen and oxygen atoms in total. The van der Waals surface area contributed by atoms with E-state index in [0.29, 0.717) is 0 Å². The zero-order valence-corrected chi connectivity index (χ0v) is 16.0. The van der Waals surface area contributed by atoms with Crippen molar-refractivity contribution in [3.05, 3.63) is 11.6 Å². The van der Waals surface area contributed by atoms with Crippen LogP contribution in [0.4, 0.5) is 0 Å². The highest BCUT2D eigenvalue weighted by Gasteiger charge is 2.36. The van der Waals surface area contributed by atoms with Crippen molar-refractivity contribution in [3.63, 3.8) is 0 Å². The van der Waals surface area contributed by atoms with Gasteiger partial charge in [-0.1, -0.05) is 56.6 Å². The molecule has 0 aromatic carbocycles. The third kappa shape index (κ3) is 3.76. The van der Waals surface area contributed by atoms with Gasteiger partial charge in [-0.2, -0.15) is 0 Å². The summed E-state index contributed by atoms with van der Waals surface area (Å²) in [5.74, 6) is 2.82. The monoisotopic (exact) mass is 329 g/mol. The first kappa shape index (κ1) is 17.1. The number of rotatable bonds is 3. The molecule has 2 bridgehead atoms. The van der Waals surface area contributed by atoms with Gasteiger partial charge in [-0.05, 0) is 76.2 Å². The molecule has 0 N–H and O–H groups in total. The number of piperidine rings is 2. The first-order valence-corrected chi connectivity index (χ1v) is 11.2. The van der Waals surface area contributed by atoms with Gasteiger partial charge >= 0.3 is 0 Å². The van der Waals surface area contributed by atoms with Crippen LogP contribution in [0, 0.1) is 17.8 Å². The standard InChI is InChI=1S/C23H39N/c1-24-21-13-8-14-22(24)16-18(15-21)17-23(19-9-4-2-5-10-19)20-11-6-3-7-12-20/h17-22H,2-16H2,1H3. The van der Waals surface area contributed by atoms with Crippen LogP contribution in [0.2, 0.25) is 0 Å². The lowest BCUT2D eigenvalue weighted by Crippen LogP contribution is -2.49. The lowest BCUT2D eigenvalue weighted by atomic mass is 9.71. The molecule has 2 saturated carbocycles. The van der Waals surface area contributed by atoms with E-state index >= 15 is 0 Å². The molecule has 0 amide bonds. The van der Waals surface area contributed by atoms with E-state index in [-0.39, 0.29) is 0 Å². The van der Waals surface area contributed by atoms with Crippen molar-refractivity contribution < 1.29 is 0 Å². The molecule has 1 heteroatoms. The maximum absolute atomic E-state index is 2.88. The summed E-state index contributed by atoms with van der Waals surface area (Å²) in [6, 6.07) is 1.77. The molecular formula is C23H39N. The van der Waals surface area contributed by atoms with Gasteiger partial charge < -0.3 is 4.90 Å². The van der Waals surface area contributed by atoms with Crippen molar-refractivity contribution in [2.75, 3.05) is 7.05 Å². The van der Waals surface area contributed by atoms with Gasteiger partial charge in [0.25, 0.3) is 0 Å². The Kier molecular flexibility index (Phi) is 5.66. The number of allylic oxidation sites excluding steroid dienone is 2. The van der Waals surface area contributed by atoms with Gasteiger partial charge in [0.2, 0.25) is 0 Å². The lowest BCUT2D eigenvalue weighted by Gasteiger charge is -2.47. The SMILES string of the molecule is CN1C2CCCC1CC(C=C(C1CCCCC1)C1CCCCC1)C2. The Labute approximate surface area is 150 Å². The molecule has 2 saturated heterocycles. The molecule has 24 heavy (non-hydrogen) atoms. The predicted molar refractivity (Wildman–Crippen MR) is 103 cm³/mol. The van der Waals surface area contributed by atoms with Crippen LogP contribution in [0.15, 0.2) is 11.6 Å². The summed E-state index contributed by atoms with van der Waals surface area (Å²) in [4.78, 5) is 2.73. The Morgan fingerprint density at radius 3 is 1.67 bits per heavy atom. The van der Waals surface area contributed by atoms with Crippen LogP contribution in [-0.4, -0.2) is 24.0 Å². The molecule has 4 rings (SSSR count). The van der Waals surface area contributed by atoms with Crippen LogP contribution < -0.4 is 0 Å². The van der Waals surface area contributed by atoms with Gasteiger partial charge in [0.05, 0.1) is 0 Å². The highest BCUT2D eigenvalue weighted by Crippen LogP contribution is 2.43. The van der Waals surface area contributed by atoms with E-state index in [2.05, 4.69) is 18.0 Å². The quantitative estimate of drug-likeness (QED) is 0.546. The minimum atomic E-state index is 0.887. The topological polar surface area (TPSA) is 3.24 Å². The van der Waals surface area contributed by atoms with Gasteiger partial charge in [-0.25, -0.2) is 0 Å². The van der Waals surface area contributed by atoms with Crippen LogP contribution in [0.25, 0.3) is 0 Å². The number of fused-ring (bicyclic) bond motifs is 2. The van der Waals surface area contributed by atoms with Crippen molar-refractivity contribution in [1.82, 2.24) is 4.90 Å². The second-order valence-electron chi connectivity index (χ2n) is 9.47. The molecule has 2 atom stereocenters. The third-order valence-electron chi connectivity index (χ3n) is 7.96. The zero-order valence-electron chi connectivity index (χ0n) is 16.0. The van der Waals surface area contributed by atoms with E-state index in [1.54, 1.807) is 0 Å². The smallest absolute Gasteiger partial charge is 0.0101 e. The van der Waals surface area contributed by atoms with Gasteiger partial charge in [-0.3, -0.25) is 0 Å². The maximum Gasteiger partial charge on any atom is 0.0101 e. The average Bonchev–Trinajstić information content (AvgIpc) is 2.62. The minimum absolute atomic E-state index is 0.887. The summed E-state index contributed by atoms with van der Waals surface area (Å²) in [5.41, 5.74) is 1.96. The van der Waals surface area contributed by atoms with Gasteiger partial charge in [-0.15, -0.1) is 0 Å². The molecule has 136 valence electrons. The van der Waals surface area contributed by atoms with Crippen molar-refractivity contribution in [3.8, 4) is 0 Å². The molecule has 4 fully saturated rings. The van der Waals surface area contributed by atoms with Crippen LogP contribution in [0.5, 0.6) is 0 Å². The second kappa shape index (κ2) is 7.94. The fourth-order valence-electron chi connectivity index (χ4n) is 6.54. The molecular weight excluding hydrogens is 290 g/mol. The summed E-state index contributed by atoms with van der Waals surface area (Å²) < 4.78 is 0. The Hall–Kier alpha value is -0.300. The van der Waals surface area contributed by atoms with Crippen molar-refractivity contribution in [2.45, 2.75) is 108 Å². The van der Waals surface area contributed by atoms with Crippen molar-refractivity contribution >= 4 is 0 Å². The fourth-order valence-corrected chi connectivity index (χ4v) is 6.54. The Balaban J connectivity index is 1.52. The van der Waals surface area contributed by atoms with Crippen LogP contribution >= 0.6 is 0 Å². The summed E-state index contributed by atoms with van der Waals surface area (Å²) in [6.07, 6.45) is 25.2.